The Morgan fingerprint density at radius 3 is 2.38 bits per heavy atom. The number of hydrogen-bond acceptors (Lipinski definition) is 1. The molecule has 4 fully saturated rings. The first-order chi connectivity index (χ1) is 6.36. The van der Waals surface area contributed by atoms with Crippen molar-refractivity contribution in [3.8, 4) is 6.07 Å². The van der Waals surface area contributed by atoms with Gasteiger partial charge in [0.05, 0.1) is 6.07 Å². The minimum Gasteiger partial charge on any atom is -0.198 e. The molecule has 0 heterocycles. The van der Waals surface area contributed by atoms with Crippen molar-refractivity contribution >= 4 is 0 Å². The molecule has 0 N–H and O–H groups in total. The van der Waals surface area contributed by atoms with Crippen LogP contribution >= 0.6 is 0 Å². The minimum atomic E-state index is 0.706. The first kappa shape index (κ1) is 7.85. The molecule has 3 unspecified atom stereocenters. The molecule has 13 heavy (non-hydrogen) atoms. The van der Waals surface area contributed by atoms with E-state index in [1.807, 2.05) is 0 Å². The molecule has 0 saturated heterocycles. The second-order valence-electron chi connectivity index (χ2n) is 5.23. The summed E-state index contributed by atoms with van der Waals surface area (Å²) < 4.78 is 0. The fourth-order valence-corrected chi connectivity index (χ4v) is 4.15. The van der Waals surface area contributed by atoms with E-state index in [0.717, 1.165) is 24.2 Å². The predicted octanol–water partition coefficient (Wildman–Crippen LogP) is 2.93. The van der Waals surface area contributed by atoms with Gasteiger partial charge in [-0.1, -0.05) is 0 Å². The quantitative estimate of drug-likeness (QED) is 0.599. The molecule has 1 radical (unpaired) electrons. The lowest BCUT2D eigenvalue weighted by Crippen LogP contribution is -2.43. The molecule has 4 aliphatic rings. The third kappa shape index (κ3) is 1.11. The summed E-state index contributed by atoms with van der Waals surface area (Å²) in [7, 11) is 0. The Kier molecular flexibility index (Phi) is 1.65. The standard InChI is InChI=1S/C12H16N/c13-2-1-12-10-4-8-3-9(6-10)7-11(12)5-8/h8-10,12H,1,3-7H2. The number of rotatable bonds is 1. The highest BCUT2D eigenvalue weighted by Crippen LogP contribution is 2.58. The molecule has 1 nitrogen and oxygen atoms in total. The lowest BCUT2D eigenvalue weighted by atomic mass is 9.51. The van der Waals surface area contributed by atoms with Gasteiger partial charge in [0, 0.05) is 6.42 Å². The molecule has 4 saturated carbocycles. The average Bonchev–Trinajstić information content (AvgIpc) is 2.10. The van der Waals surface area contributed by atoms with Gasteiger partial charge in [-0.05, 0) is 61.7 Å². The Balaban J connectivity index is 1.82. The van der Waals surface area contributed by atoms with Crippen molar-refractivity contribution in [3.63, 3.8) is 0 Å². The van der Waals surface area contributed by atoms with Gasteiger partial charge in [0.15, 0.2) is 0 Å². The molecule has 0 aliphatic heterocycles. The van der Waals surface area contributed by atoms with Crippen LogP contribution in [0.1, 0.15) is 38.5 Å². The van der Waals surface area contributed by atoms with Crippen LogP contribution in [-0.4, -0.2) is 0 Å². The summed E-state index contributed by atoms with van der Waals surface area (Å²) in [5, 5.41) is 8.79. The summed E-state index contributed by atoms with van der Waals surface area (Å²) in [5.74, 6) is 5.41. The van der Waals surface area contributed by atoms with Crippen LogP contribution in [0.2, 0.25) is 0 Å². The molecule has 3 atom stereocenters. The Morgan fingerprint density at radius 2 is 1.85 bits per heavy atom. The zero-order valence-corrected chi connectivity index (χ0v) is 8.00. The Morgan fingerprint density at radius 1 is 1.15 bits per heavy atom. The third-order valence-electron chi connectivity index (χ3n) is 4.45. The van der Waals surface area contributed by atoms with E-state index in [4.69, 9.17) is 5.26 Å². The van der Waals surface area contributed by atoms with Crippen LogP contribution in [0, 0.1) is 40.9 Å². The smallest absolute Gasteiger partial charge is 0.0624 e. The highest BCUT2D eigenvalue weighted by molar-refractivity contribution is 5.14. The van der Waals surface area contributed by atoms with E-state index in [-0.39, 0.29) is 0 Å². The van der Waals surface area contributed by atoms with Gasteiger partial charge < -0.3 is 0 Å². The van der Waals surface area contributed by atoms with Crippen LogP contribution in [0.4, 0.5) is 0 Å². The maximum atomic E-state index is 8.79. The van der Waals surface area contributed by atoms with Crippen LogP contribution in [0.15, 0.2) is 0 Å². The van der Waals surface area contributed by atoms with Gasteiger partial charge in [0.1, 0.15) is 0 Å². The lowest BCUT2D eigenvalue weighted by molar-refractivity contribution is 0.0443. The molecule has 4 aliphatic carbocycles. The van der Waals surface area contributed by atoms with E-state index in [1.165, 1.54) is 32.1 Å². The van der Waals surface area contributed by atoms with Crippen molar-refractivity contribution in [2.24, 2.45) is 23.7 Å². The monoisotopic (exact) mass is 174 g/mol. The Hall–Kier alpha value is -0.510. The fraction of sp³-hybridized carbons (Fsp3) is 0.833. The second kappa shape index (κ2) is 2.74. The Labute approximate surface area is 80.1 Å². The SMILES string of the molecule is N#CCC1[C]2CC3CC(C2)CC1C3. The second-order valence-corrected chi connectivity index (χ2v) is 5.23. The topological polar surface area (TPSA) is 23.8 Å². The van der Waals surface area contributed by atoms with Crippen LogP contribution in [0.3, 0.4) is 0 Å². The van der Waals surface area contributed by atoms with Gasteiger partial charge in [0.2, 0.25) is 0 Å². The molecular weight excluding hydrogens is 158 g/mol. The highest BCUT2D eigenvalue weighted by Gasteiger charge is 2.48. The van der Waals surface area contributed by atoms with Crippen LogP contribution < -0.4 is 0 Å². The molecule has 4 rings (SSSR count). The summed E-state index contributed by atoms with van der Waals surface area (Å²) in [6, 6.07) is 2.37. The molecule has 0 aromatic rings. The van der Waals surface area contributed by atoms with Crippen LogP contribution in [-0.2, 0) is 0 Å². The van der Waals surface area contributed by atoms with Crippen LogP contribution in [0.25, 0.3) is 0 Å². The Bertz CT molecular complexity index is 222. The third-order valence-corrected chi connectivity index (χ3v) is 4.45. The van der Waals surface area contributed by atoms with Gasteiger partial charge >= 0.3 is 0 Å². The average molecular weight is 174 g/mol. The van der Waals surface area contributed by atoms with E-state index in [0.29, 0.717) is 5.92 Å². The van der Waals surface area contributed by atoms with Gasteiger partial charge in [0.25, 0.3) is 0 Å². The van der Waals surface area contributed by atoms with Crippen molar-refractivity contribution in [1.82, 2.24) is 0 Å². The van der Waals surface area contributed by atoms with E-state index in [2.05, 4.69) is 6.07 Å². The van der Waals surface area contributed by atoms with E-state index in [9.17, 15) is 0 Å². The lowest BCUT2D eigenvalue weighted by Gasteiger charge is -2.53. The molecule has 1 heteroatoms. The zero-order valence-electron chi connectivity index (χ0n) is 8.00. The molecule has 69 valence electrons. The molecule has 0 aromatic heterocycles. The maximum Gasteiger partial charge on any atom is 0.0624 e. The minimum absolute atomic E-state index is 0.706. The zero-order chi connectivity index (χ0) is 8.84. The molecule has 0 amide bonds. The predicted molar refractivity (Wildman–Crippen MR) is 50.5 cm³/mol. The molecule has 4 bridgehead atoms. The summed E-state index contributed by atoms with van der Waals surface area (Å²) in [5.41, 5.74) is 0. The molecule has 0 spiro atoms. The van der Waals surface area contributed by atoms with Crippen molar-refractivity contribution in [2.45, 2.75) is 38.5 Å². The van der Waals surface area contributed by atoms with Gasteiger partial charge in [-0.15, -0.1) is 0 Å². The number of hydrogen-bond donors (Lipinski definition) is 0. The van der Waals surface area contributed by atoms with E-state index < -0.39 is 0 Å². The van der Waals surface area contributed by atoms with Crippen molar-refractivity contribution < 1.29 is 0 Å². The fourth-order valence-electron chi connectivity index (χ4n) is 4.15. The summed E-state index contributed by atoms with van der Waals surface area (Å²) in [6.45, 7) is 0. The maximum absolute atomic E-state index is 8.79. The largest absolute Gasteiger partial charge is 0.198 e. The van der Waals surface area contributed by atoms with Gasteiger partial charge in [-0.25, -0.2) is 0 Å². The normalized spacial score (nSPS) is 47.9. The van der Waals surface area contributed by atoms with E-state index >= 15 is 0 Å². The summed E-state index contributed by atoms with van der Waals surface area (Å²) in [6.07, 6.45) is 7.93. The van der Waals surface area contributed by atoms with Crippen molar-refractivity contribution in [1.29, 1.82) is 5.26 Å². The van der Waals surface area contributed by atoms with E-state index in [1.54, 1.807) is 5.92 Å². The van der Waals surface area contributed by atoms with Gasteiger partial charge in [-0.2, -0.15) is 5.26 Å². The van der Waals surface area contributed by atoms with Crippen molar-refractivity contribution in [2.75, 3.05) is 0 Å². The highest BCUT2D eigenvalue weighted by atomic mass is 14.5. The number of nitrogens with zero attached hydrogens (tertiary/aromatic N) is 1. The first-order valence-corrected chi connectivity index (χ1v) is 5.58. The van der Waals surface area contributed by atoms with Gasteiger partial charge in [-0.3, -0.25) is 0 Å². The number of nitriles is 1. The van der Waals surface area contributed by atoms with Crippen molar-refractivity contribution in [3.05, 3.63) is 5.92 Å². The summed E-state index contributed by atoms with van der Waals surface area (Å²) in [4.78, 5) is 0. The molecule has 0 aromatic carbocycles. The molecular formula is C12H16N. The summed E-state index contributed by atoms with van der Waals surface area (Å²) >= 11 is 0. The van der Waals surface area contributed by atoms with Crippen LogP contribution in [0.5, 0.6) is 0 Å². The first-order valence-electron chi connectivity index (χ1n) is 5.58.